The average molecular weight is 331 g/mol. The van der Waals surface area contributed by atoms with E-state index >= 15 is 0 Å². The van der Waals surface area contributed by atoms with Crippen molar-refractivity contribution >= 4 is 11.6 Å². The molecule has 1 aliphatic carbocycles. The fourth-order valence-corrected chi connectivity index (χ4v) is 2.80. The maximum atomic E-state index is 9.44. The third-order valence-corrected chi connectivity index (χ3v) is 4.50. The summed E-state index contributed by atoms with van der Waals surface area (Å²) >= 11 is 0. The van der Waals surface area contributed by atoms with Crippen LogP contribution in [0.15, 0.2) is 45.3 Å². The molecular weight excluding hydrogens is 314 g/mol. The van der Waals surface area contributed by atoms with Crippen molar-refractivity contribution in [2.75, 3.05) is 0 Å². The molecule has 4 rings (SSSR count). The first-order chi connectivity index (χ1) is 12.1. The number of nitriles is 1. The van der Waals surface area contributed by atoms with Gasteiger partial charge in [0.1, 0.15) is 23.2 Å². The number of hydrogen-bond acceptors (Lipinski definition) is 5. The fourth-order valence-electron chi connectivity index (χ4n) is 2.80. The van der Waals surface area contributed by atoms with Crippen molar-refractivity contribution < 1.29 is 8.94 Å². The lowest BCUT2D eigenvalue weighted by molar-refractivity contribution is 0.409. The fraction of sp³-hybridized carbons (Fsp3) is 0.250. The van der Waals surface area contributed by atoms with Crippen molar-refractivity contribution in [3.05, 3.63) is 59.4 Å². The second-order valence-corrected chi connectivity index (χ2v) is 6.52. The molecule has 5 heteroatoms. The predicted molar refractivity (Wildman–Crippen MR) is 93.2 cm³/mol. The Kier molecular flexibility index (Phi) is 3.73. The highest BCUT2D eigenvalue weighted by Gasteiger charge is 2.36. The minimum Gasteiger partial charge on any atom is -0.461 e. The summed E-state index contributed by atoms with van der Waals surface area (Å²) in [5.41, 5.74) is 2.29. The summed E-state index contributed by atoms with van der Waals surface area (Å²) in [6, 6.07) is 13.8. The summed E-state index contributed by atoms with van der Waals surface area (Å²) in [4.78, 5) is 4.33. The zero-order valence-electron chi connectivity index (χ0n) is 14.1. The number of aromatic nitrogens is 2. The van der Waals surface area contributed by atoms with Gasteiger partial charge in [0.15, 0.2) is 0 Å². The van der Waals surface area contributed by atoms with Crippen LogP contribution in [0.3, 0.4) is 0 Å². The number of rotatable bonds is 4. The van der Waals surface area contributed by atoms with Crippen molar-refractivity contribution in [2.45, 2.75) is 26.2 Å². The second-order valence-electron chi connectivity index (χ2n) is 6.52. The standard InChI is InChI=1S/C20H17N3O2/c1-12-3-5-14(6-4-12)19-22-20(25-23-19)15(11-21)10-16-7-8-18(24-16)17-9-13(17)2/h3-8,10,13,17H,9H2,1-2H3/b15-10+/t13-,17+/m1/s1. The number of nitrogens with zero attached hydrogens (tertiary/aromatic N) is 3. The molecule has 0 radical (unpaired) electrons. The SMILES string of the molecule is Cc1ccc(-c2noc(/C(C#N)=C/c3ccc([C@H]4C[C@H]4C)o3)n2)cc1. The maximum Gasteiger partial charge on any atom is 0.269 e. The van der Waals surface area contributed by atoms with Crippen LogP contribution in [0.5, 0.6) is 0 Å². The van der Waals surface area contributed by atoms with E-state index < -0.39 is 0 Å². The molecule has 25 heavy (non-hydrogen) atoms. The minimum atomic E-state index is 0.191. The highest BCUT2D eigenvalue weighted by atomic mass is 16.5. The molecule has 0 aliphatic heterocycles. The topological polar surface area (TPSA) is 75.8 Å². The molecule has 0 spiro atoms. The quantitative estimate of drug-likeness (QED) is 0.640. The number of benzene rings is 1. The normalized spacial score (nSPS) is 19.6. The summed E-state index contributed by atoms with van der Waals surface area (Å²) < 4.78 is 11.1. The highest BCUT2D eigenvalue weighted by Crippen LogP contribution is 2.47. The molecule has 1 aliphatic rings. The van der Waals surface area contributed by atoms with Gasteiger partial charge in [0.25, 0.3) is 5.89 Å². The minimum absolute atomic E-state index is 0.191. The van der Waals surface area contributed by atoms with Gasteiger partial charge in [-0.2, -0.15) is 10.2 Å². The lowest BCUT2D eigenvalue weighted by Crippen LogP contribution is -1.84. The van der Waals surface area contributed by atoms with Gasteiger partial charge in [-0.15, -0.1) is 0 Å². The molecule has 2 heterocycles. The number of aryl methyl sites for hydroxylation is 1. The van der Waals surface area contributed by atoms with Crippen molar-refractivity contribution in [3.8, 4) is 17.5 Å². The summed E-state index contributed by atoms with van der Waals surface area (Å²) in [6.07, 6.45) is 2.80. The third-order valence-electron chi connectivity index (χ3n) is 4.50. The predicted octanol–water partition coefficient (Wildman–Crippen LogP) is 4.83. The molecule has 0 saturated heterocycles. The van der Waals surface area contributed by atoms with Crippen LogP contribution in [0, 0.1) is 24.2 Å². The van der Waals surface area contributed by atoms with Gasteiger partial charge in [-0.05, 0) is 31.4 Å². The van der Waals surface area contributed by atoms with Gasteiger partial charge in [0.05, 0.1) is 0 Å². The van der Waals surface area contributed by atoms with Crippen LogP contribution in [0.25, 0.3) is 23.0 Å². The summed E-state index contributed by atoms with van der Waals surface area (Å²) in [5.74, 6) is 3.43. The van der Waals surface area contributed by atoms with E-state index in [2.05, 4.69) is 23.1 Å². The molecule has 1 aromatic carbocycles. The molecule has 1 saturated carbocycles. The van der Waals surface area contributed by atoms with E-state index in [-0.39, 0.29) is 11.5 Å². The van der Waals surface area contributed by atoms with Crippen molar-refractivity contribution in [3.63, 3.8) is 0 Å². The summed E-state index contributed by atoms with van der Waals surface area (Å²) in [6.45, 7) is 4.22. The molecule has 124 valence electrons. The van der Waals surface area contributed by atoms with Crippen LogP contribution in [-0.2, 0) is 0 Å². The Hall–Kier alpha value is -3.13. The average Bonchev–Trinajstić information content (AvgIpc) is 3.04. The summed E-state index contributed by atoms with van der Waals surface area (Å²) in [5, 5.41) is 13.4. The molecule has 1 fully saturated rings. The van der Waals surface area contributed by atoms with Gasteiger partial charge < -0.3 is 8.94 Å². The van der Waals surface area contributed by atoms with Gasteiger partial charge in [0.2, 0.25) is 5.82 Å². The van der Waals surface area contributed by atoms with E-state index in [0.717, 1.165) is 23.3 Å². The van der Waals surface area contributed by atoms with Gasteiger partial charge in [-0.1, -0.05) is 41.9 Å². The van der Waals surface area contributed by atoms with E-state index in [4.69, 9.17) is 8.94 Å². The van der Waals surface area contributed by atoms with Gasteiger partial charge in [-0.3, -0.25) is 0 Å². The van der Waals surface area contributed by atoms with E-state index in [0.29, 0.717) is 23.4 Å². The Labute approximate surface area is 145 Å². The van der Waals surface area contributed by atoms with E-state index in [1.165, 1.54) is 0 Å². The van der Waals surface area contributed by atoms with Crippen molar-refractivity contribution in [1.29, 1.82) is 5.26 Å². The van der Waals surface area contributed by atoms with Crippen molar-refractivity contribution in [2.24, 2.45) is 5.92 Å². The van der Waals surface area contributed by atoms with Crippen LogP contribution >= 0.6 is 0 Å². The first-order valence-electron chi connectivity index (χ1n) is 8.26. The summed E-state index contributed by atoms with van der Waals surface area (Å²) in [7, 11) is 0. The number of furan rings is 1. The zero-order valence-corrected chi connectivity index (χ0v) is 14.1. The second kappa shape index (κ2) is 6.06. The largest absolute Gasteiger partial charge is 0.461 e. The van der Waals surface area contributed by atoms with E-state index in [1.54, 1.807) is 6.08 Å². The zero-order chi connectivity index (χ0) is 17.4. The Morgan fingerprint density at radius 2 is 2.00 bits per heavy atom. The van der Waals surface area contributed by atoms with E-state index in [1.807, 2.05) is 43.3 Å². The Morgan fingerprint density at radius 1 is 1.24 bits per heavy atom. The molecule has 0 N–H and O–H groups in total. The number of hydrogen-bond donors (Lipinski definition) is 0. The molecule has 5 nitrogen and oxygen atoms in total. The van der Waals surface area contributed by atoms with Crippen LogP contribution in [0.1, 0.15) is 42.2 Å². The smallest absolute Gasteiger partial charge is 0.269 e. The maximum absolute atomic E-state index is 9.44. The molecule has 2 aromatic heterocycles. The lowest BCUT2D eigenvalue weighted by Gasteiger charge is -1.94. The Balaban J connectivity index is 1.60. The van der Waals surface area contributed by atoms with Gasteiger partial charge in [0, 0.05) is 17.6 Å². The molecule has 0 amide bonds. The molecule has 0 bridgehead atoms. The third kappa shape index (κ3) is 3.11. The van der Waals surface area contributed by atoms with Gasteiger partial charge >= 0.3 is 0 Å². The highest BCUT2D eigenvalue weighted by molar-refractivity contribution is 5.85. The lowest BCUT2D eigenvalue weighted by atomic mass is 10.1. The molecular formula is C20H17N3O2. The first-order valence-corrected chi connectivity index (χ1v) is 8.26. The Morgan fingerprint density at radius 3 is 2.68 bits per heavy atom. The molecule has 3 aromatic rings. The van der Waals surface area contributed by atoms with Crippen LogP contribution in [0.2, 0.25) is 0 Å². The Bertz CT molecular complexity index is 973. The first kappa shape index (κ1) is 15.4. The molecule has 0 unspecified atom stereocenters. The van der Waals surface area contributed by atoms with Crippen LogP contribution < -0.4 is 0 Å². The van der Waals surface area contributed by atoms with E-state index in [9.17, 15) is 5.26 Å². The molecule has 2 atom stereocenters. The van der Waals surface area contributed by atoms with Crippen molar-refractivity contribution in [1.82, 2.24) is 10.1 Å². The number of allylic oxidation sites excluding steroid dienone is 1. The van der Waals surface area contributed by atoms with Crippen LogP contribution in [0.4, 0.5) is 0 Å². The monoisotopic (exact) mass is 331 g/mol. The van der Waals surface area contributed by atoms with Crippen LogP contribution in [-0.4, -0.2) is 10.1 Å². The van der Waals surface area contributed by atoms with Gasteiger partial charge in [-0.25, -0.2) is 0 Å².